The number of carbonyl (C=O) groups is 1. The number of fused-ring (bicyclic) bond motifs is 1. The van der Waals surface area contributed by atoms with Gasteiger partial charge in [0.1, 0.15) is 5.65 Å². The molecule has 0 atom stereocenters. The highest BCUT2D eigenvalue weighted by Gasteiger charge is 2.17. The molecule has 0 aliphatic carbocycles. The van der Waals surface area contributed by atoms with Crippen molar-refractivity contribution in [2.45, 2.75) is 0 Å². The Balaban J connectivity index is 1.45. The number of para-hydroxylation sites is 1. The van der Waals surface area contributed by atoms with Crippen molar-refractivity contribution in [1.82, 2.24) is 14.5 Å². The second-order valence-corrected chi connectivity index (χ2v) is 6.15. The number of nitrogens with one attached hydrogen (secondary N) is 1. The Labute approximate surface area is 159 Å². The van der Waals surface area contributed by atoms with Crippen LogP contribution >= 0.6 is 0 Å². The van der Waals surface area contributed by atoms with E-state index in [4.69, 9.17) is 8.94 Å². The zero-order valence-corrected chi connectivity index (χ0v) is 14.6. The molecule has 7 nitrogen and oxygen atoms in total. The first-order valence-electron chi connectivity index (χ1n) is 8.63. The monoisotopic (exact) mass is 370 g/mol. The van der Waals surface area contributed by atoms with Crippen LogP contribution in [0.1, 0.15) is 10.5 Å². The molecule has 28 heavy (non-hydrogen) atoms. The molecule has 4 aromatic heterocycles. The van der Waals surface area contributed by atoms with Gasteiger partial charge in [-0.25, -0.2) is 4.98 Å². The van der Waals surface area contributed by atoms with Crippen LogP contribution < -0.4 is 5.32 Å². The number of carbonyl (C=O) groups excluding carboxylic acids is 1. The minimum atomic E-state index is -0.377. The number of rotatable bonds is 4. The molecule has 136 valence electrons. The van der Waals surface area contributed by atoms with Gasteiger partial charge in [-0.05, 0) is 30.3 Å². The molecular formula is C21H14N4O3. The fraction of sp³-hybridized carbons (Fsp3) is 0. The van der Waals surface area contributed by atoms with E-state index in [9.17, 15) is 4.79 Å². The summed E-state index contributed by atoms with van der Waals surface area (Å²) in [5.41, 5.74) is 3.21. The molecule has 0 spiro atoms. The van der Waals surface area contributed by atoms with Crippen LogP contribution in [0.25, 0.3) is 28.4 Å². The smallest absolute Gasteiger partial charge is 0.277 e. The SMILES string of the molecule is O=C(Nc1ccccc1-c1cn2ccccc2n1)c1cc(-c2ccco2)on1. The first-order valence-corrected chi connectivity index (χ1v) is 8.63. The molecule has 0 saturated heterocycles. The molecule has 0 unspecified atom stereocenters. The van der Waals surface area contributed by atoms with Crippen molar-refractivity contribution in [2.24, 2.45) is 0 Å². The Morgan fingerprint density at radius 1 is 1.00 bits per heavy atom. The quantitative estimate of drug-likeness (QED) is 0.503. The summed E-state index contributed by atoms with van der Waals surface area (Å²) in [7, 11) is 0. The third-order valence-electron chi connectivity index (χ3n) is 4.32. The molecule has 0 bridgehead atoms. The first-order chi connectivity index (χ1) is 13.8. The molecule has 7 heteroatoms. The van der Waals surface area contributed by atoms with Crippen LogP contribution in [-0.4, -0.2) is 20.4 Å². The van der Waals surface area contributed by atoms with Crippen LogP contribution in [0.4, 0.5) is 5.69 Å². The summed E-state index contributed by atoms with van der Waals surface area (Å²) < 4.78 is 12.4. The van der Waals surface area contributed by atoms with E-state index >= 15 is 0 Å². The zero-order valence-electron chi connectivity index (χ0n) is 14.6. The summed E-state index contributed by atoms with van der Waals surface area (Å²) in [5, 5.41) is 6.73. The summed E-state index contributed by atoms with van der Waals surface area (Å²) in [6.07, 6.45) is 5.38. The second kappa shape index (κ2) is 6.55. The maximum atomic E-state index is 12.7. The predicted octanol–water partition coefficient (Wildman–Crippen LogP) is 4.50. The van der Waals surface area contributed by atoms with Gasteiger partial charge in [-0.15, -0.1) is 0 Å². The number of anilines is 1. The van der Waals surface area contributed by atoms with Crippen molar-refractivity contribution in [3.8, 4) is 22.8 Å². The van der Waals surface area contributed by atoms with E-state index in [1.807, 2.05) is 59.3 Å². The third kappa shape index (κ3) is 2.84. The van der Waals surface area contributed by atoms with E-state index in [1.54, 1.807) is 18.2 Å². The normalized spacial score (nSPS) is 11.0. The molecule has 0 aliphatic rings. The highest BCUT2D eigenvalue weighted by molar-refractivity contribution is 6.05. The van der Waals surface area contributed by atoms with Crippen LogP contribution in [0.15, 0.2) is 88.3 Å². The Morgan fingerprint density at radius 2 is 1.89 bits per heavy atom. The molecule has 0 radical (unpaired) electrons. The van der Waals surface area contributed by atoms with Gasteiger partial charge in [0.05, 0.1) is 17.6 Å². The van der Waals surface area contributed by atoms with Gasteiger partial charge in [0, 0.05) is 24.0 Å². The Morgan fingerprint density at radius 3 is 2.75 bits per heavy atom. The van der Waals surface area contributed by atoms with Gasteiger partial charge in [0.25, 0.3) is 5.91 Å². The number of aromatic nitrogens is 3. The van der Waals surface area contributed by atoms with Crippen molar-refractivity contribution >= 4 is 17.2 Å². The van der Waals surface area contributed by atoms with E-state index in [2.05, 4.69) is 15.5 Å². The van der Waals surface area contributed by atoms with Crippen molar-refractivity contribution in [2.75, 3.05) is 5.32 Å². The van der Waals surface area contributed by atoms with Crippen molar-refractivity contribution in [3.63, 3.8) is 0 Å². The van der Waals surface area contributed by atoms with Crippen molar-refractivity contribution in [1.29, 1.82) is 0 Å². The summed E-state index contributed by atoms with van der Waals surface area (Å²) in [6.45, 7) is 0. The average molecular weight is 370 g/mol. The van der Waals surface area contributed by atoms with Gasteiger partial charge >= 0.3 is 0 Å². The molecule has 0 aliphatic heterocycles. The van der Waals surface area contributed by atoms with Gasteiger partial charge in [-0.3, -0.25) is 4.79 Å². The fourth-order valence-electron chi connectivity index (χ4n) is 2.98. The van der Waals surface area contributed by atoms with Gasteiger partial charge in [-0.1, -0.05) is 29.4 Å². The van der Waals surface area contributed by atoms with Crippen LogP contribution in [0.2, 0.25) is 0 Å². The van der Waals surface area contributed by atoms with E-state index in [0.717, 1.165) is 16.9 Å². The largest absolute Gasteiger partial charge is 0.461 e. The molecule has 1 amide bonds. The second-order valence-electron chi connectivity index (χ2n) is 6.15. The molecule has 1 aromatic carbocycles. The van der Waals surface area contributed by atoms with E-state index in [-0.39, 0.29) is 11.6 Å². The number of nitrogens with zero attached hydrogens (tertiary/aromatic N) is 3. The van der Waals surface area contributed by atoms with E-state index in [1.165, 1.54) is 6.26 Å². The van der Waals surface area contributed by atoms with Crippen molar-refractivity contribution < 1.29 is 13.7 Å². The lowest BCUT2D eigenvalue weighted by molar-refractivity contribution is 0.101. The highest BCUT2D eigenvalue weighted by Crippen LogP contribution is 2.28. The minimum absolute atomic E-state index is 0.163. The highest BCUT2D eigenvalue weighted by atomic mass is 16.5. The van der Waals surface area contributed by atoms with Crippen molar-refractivity contribution in [3.05, 3.63) is 85.0 Å². The number of amides is 1. The van der Waals surface area contributed by atoms with Gasteiger partial charge in [0.15, 0.2) is 11.5 Å². The molecule has 5 rings (SSSR count). The van der Waals surface area contributed by atoms with Crippen LogP contribution in [0, 0.1) is 0 Å². The number of hydrogen-bond donors (Lipinski definition) is 1. The maximum absolute atomic E-state index is 12.7. The van der Waals surface area contributed by atoms with Crippen LogP contribution in [0.5, 0.6) is 0 Å². The third-order valence-corrected chi connectivity index (χ3v) is 4.32. The summed E-state index contributed by atoms with van der Waals surface area (Å²) in [6, 6.07) is 18.3. The lowest BCUT2D eigenvalue weighted by Crippen LogP contribution is -2.12. The standard InChI is InChI=1S/C21H14N4O3/c26-21(16-12-19(28-24-16)18-8-5-11-27-18)23-15-7-2-1-6-14(15)17-13-25-10-4-3-9-20(25)22-17/h1-13H,(H,23,26). The van der Waals surface area contributed by atoms with Gasteiger partial charge in [-0.2, -0.15) is 0 Å². The number of furan rings is 1. The molecule has 5 aromatic rings. The minimum Gasteiger partial charge on any atom is -0.461 e. The van der Waals surface area contributed by atoms with Gasteiger partial charge in [0.2, 0.25) is 5.76 Å². The molecule has 0 saturated carbocycles. The number of pyridine rings is 1. The topological polar surface area (TPSA) is 85.6 Å². The predicted molar refractivity (Wildman–Crippen MR) is 103 cm³/mol. The summed E-state index contributed by atoms with van der Waals surface area (Å²) in [5.74, 6) is 0.526. The first kappa shape index (κ1) is 16.1. The summed E-state index contributed by atoms with van der Waals surface area (Å²) >= 11 is 0. The fourth-order valence-corrected chi connectivity index (χ4v) is 2.98. The van der Waals surface area contributed by atoms with E-state index < -0.39 is 0 Å². The number of imidazole rings is 1. The maximum Gasteiger partial charge on any atom is 0.277 e. The van der Waals surface area contributed by atoms with Crippen LogP contribution in [0.3, 0.4) is 0 Å². The average Bonchev–Trinajstić information content (AvgIpc) is 3.47. The summed E-state index contributed by atoms with van der Waals surface area (Å²) in [4.78, 5) is 17.3. The lowest BCUT2D eigenvalue weighted by Gasteiger charge is -2.07. The molecule has 1 N–H and O–H groups in total. The number of hydrogen-bond acceptors (Lipinski definition) is 5. The molecule has 0 fully saturated rings. The molecular weight excluding hydrogens is 356 g/mol. The Bertz CT molecular complexity index is 1230. The zero-order chi connectivity index (χ0) is 18.9. The Kier molecular flexibility index (Phi) is 3.76. The number of benzene rings is 1. The molecule has 4 heterocycles. The van der Waals surface area contributed by atoms with Crippen LogP contribution in [-0.2, 0) is 0 Å². The lowest BCUT2D eigenvalue weighted by atomic mass is 10.1. The van der Waals surface area contributed by atoms with E-state index in [0.29, 0.717) is 17.2 Å². The van der Waals surface area contributed by atoms with Gasteiger partial charge < -0.3 is 18.7 Å². The Hall–Kier alpha value is -4.13.